The Morgan fingerprint density at radius 3 is 2.47 bits per heavy atom. The highest BCUT2D eigenvalue weighted by Gasteiger charge is 2.31. The molecule has 0 spiro atoms. The fraction of sp³-hybridized carbons (Fsp3) is 0.778. The SMILES string of the molecule is CCCn1nnc(C(C)(C)C)c1[N+](=O)[O-]. The van der Waals surface area contributed by atoms with E-state index in [-0.39, 0.29) is 11.2 Å². The Morgan fingerprint density at radius 1 is 1.47 bits per heavy atom. The minimum atomic E-state index is -0.407. The van der Waals surface area contributed by atoms with Crippen LogP contribution in [0.15, 0.2) is 0 Å². The van der Waals surface area contributed by atoms with Gasteiger partial charge >= 0.3 is 5.82 Å². The molecule has 84 valence electrons. The van der Waals surface area contributed by atoms with Crippen molar-refractivity contribution >= 4 is 5.82 Å². The zero-order valence-electron chi connectivity index (χ0n) is 9.52. The van der Waals surface area contributed by atoms with Crippen molar-refractivity contribution in [1.82, 2.24) is 15.0 Å². The fourth-order valence-corrected chi connectivity index (χ4v) is 1.34. The van der Waals surface area contributed by atoms with Gasteiger partial charge in [-0.15, -0.1) is 9.78 Å². The molecule has 0 unspecified atom stereocenters. The van der Waals surface area contributed by atoms with Crippen molar-refractivity contribution in [3.8, 4) is 0 Å². The summed E-state index contributed by atoms with van der Waals surface area (Å²) in [5.41, 5.74) is 0.0925. The lowest BCUT2D eigenvalue weighted by Crippen LogP contribution is -2.15. The van der Waals surface area contributed by atoms with E-state index in [0.29, 0.717) is 12.2 Å². The van der Waals surface area contributed by atoms with Crippen LogP contribution in [0.3, 0.4) is 0 Å². The number of aromatic nitrogens is 3. The Morgan fingerprint density at radius 2 is 2.07 bits per heavy atom. The summed E-state index contributed by atoms with van der Waals surface area (Å²) in [5, 5.41) is 18.6. The predicted octanol–water partition coefficient (Wildman–Crippen LogP) is 1.89. The van der Waals surface area contributed by atoms with Crippen LogP contribution in [0.4, 0.5) is 5.82 Å². The molecule has 0 saturated carbocycles. The molecule has 1 rings (SSSR count). The summed E-state index contributed by atoms with van der Waals surface area (Å²) in [5.74, 6) is 0.0179. The van der Waals surface area contributed by atoms with Crippen molar-refractivity contribution in [2.24, 2.45) is 0 Å². The number of rotatable bonds is 3. The zero-order valence-corrected chi connectivity index (χ0v) is 9.52. The van der Waals surface area contributed by atoms with E-state index >= 15 is 0 Å². The van der Waals surface area contributed by atoms with Gasteiger partial charge in [0.2, 0.25) is 0 Å². The second-order valence-corrected chi connectivity index (χ2v) is 4.49. The Kier molecular flexibility index (Phi) is 3.06. The maximum atomic E-state index is 10.9. The summed E-state index contributed by atoms with van der Waals surface area (Å²) in [6, 6.07) is 0. The highest BCUT2D eigenvalue weighted by molar-refractivity contribution is 5.31. The van der Waals surface area contributed by atoms with E-state index in [0.717, 1.165) is 6.42 Å². The normalized spacial score (nSPS) is 11.7. The maximum absolute atomic E-state index is 10.9. The van der Waals surface area contributed by atoms with E-state index in [4.69, 9.17) is 0 Å². The largest absolute Gasteiger partial charge is 0.368 e. The van der Waals surface area contributed by atoms with Crippen LogP contribution in [0, 0.1) is 10.1 Å². The third-order valence-electron chi connectivity index (χ3n) is 2.03. The first-order valence-electron chi connectivity index (χ1n) is 4.96. The van der Waals surface area contributed by atoms with E-state index in [1.54, 1.807) is 0 Å². The molecule has 6 heteroatoms. The monoisotopic (exact) mass is 212 g/mol. The van der Waals surface area contributed by atoms with E-state index in [9.17, 15) is 10.1 Å². The number of hydrogen-bond donors (Lipinski definition) is 0. The lowest BCUT2D eigenvalue weighted by molar-refractivity contribution is -0.393. The van der Waals surface area contributed by atoms with E-state index in [2.05, 4.69) is 10.3 Å². The summed E-state index contributed by atoms with van der Waals surface area (Å²) in [4.78, 5) is 10.5. The molecule has 0 aliphatic rings. The quantitative estimate of drug-likeness (QED) is 0.566. The van der Waals surface area contributed by atoms with Crippen molar-refractivity contribution in [2.75, 3.05) is 0 Å². The Hall–Kier alpha value is -1.46. The van der Waals surface area contributed by atoms with Gasteiger partial charge in [-0.3, -0.25) is 0 Å². The molecule has 1 heterocycles. The molecule has 0 atom stereocenters. The number of aryl methyl sites for hydroxylation is 1. The first-order chi connectivity index (χ1) is 6.88. The van der Waals surface area contributed by atoms with Gasteiger partial charge in [-0.05, 0) is 11.3 Å². The highest BCUT2D eigenvalue weighted by Crippen LogP contribution is 2.28. The van der Waals surface area contributed by atoms with Gasteiger partial charge in [0, 0.05) is 10.6 Å². The molecular formula is C9H16N4O2. The Balaban J connectivity index is 3.24. The topological polar surface area (TPSA) is 73.8 Å². The van der Waals surface area contributed by atoms with Crippen LogP contribution in [0.5, 0.6) is 0 Å². The molecule has 0 radical (unpaired) electrons. The average Bonchev–Trinajstić information content (AvgIpc) is 2.47. The third-order valence-corrected chi connectivity index (χ3v) is 2.03. The first-order valence-corrected chi connectivity index (χ1v) is 4.96. The maximum Gasteiger partial charge on any atom is 0.368 e. The Bertz CT molecular complexity index is 365. The molecule has 1 aromatic rings. The minimum Gasteiger partial charge on any atom is -0.358 e. The van der Waals surface area contributed by atoms with Gasteiger partial charge in [-0.2, -0.15) is 0 Å². The molecule has 0 saturated heterocycles. The van der Waals surface area contributed by atoms with Crippen molar-refractivity contribution in [3.05, 3.63) is 15.8 Å². The molecule has 1 aromatic heterocycles. The van der Waals surface area contributed by atoms with Crippen LogP contribution in [-0.4, -0.2) is 19.9 Å². The molecule has 0 N–H and O–H groups in total. The summed E-state index contributed by atoms with van der Waals surface area (Å²) >= 11 is 0. The van der Waals surface area contributed by atoms with Crippen molar-refractivity contribution in [1.29, 1.82) is 0 Å². The lowest BCUT2D eigenvalue weighted by atomic mass is 9.92. The average molecular weight is 212 g/mol. The third kappa shape index (κ3) is 2.31. The van der Waals surface area contributed by atoms with Gasteiger partial charge < -0.3 is 10.1 Å². The van der Waals surface area contributed by atoms with Crippen LogP contribution in [0.1, 0.15) is 39.8 Å². The van der Waals surface area contributed by atoms with Crippen molar-refractivity contribution in [2.45, 2.75) is 46.1 Å². The highest BCUT2D eigenvalue weighted by atomic mass is 16.6. The minimum absolute atomic E-state index is 0.0179. The second kappa shape index (κ2) is 3.96. The molecule has 0 aromatic carbocycles. The number of hydrogen-bond acceptors (Lipinski definition) is 4. The van der Waals surface area contributed by atoms with E-state index in [1.165, 1.54) is 4.68 Å². The van der Waals surface area contributed by atoms with Crippen LogP contribution in [0.2, 0.25) is 0 Å². The van der Waals surface area contributed by atoms with Crippen molar-refractivity contribution < 1.29 is 4.92 Å². The standard InChI is InChI=1S/C9H16N4O2/c1-5-6-12-8(13(14)15)7(10-11-12)9(2,3)4/h5-6H2,1-4H3. The lowest BCUT2D eigenvalue weighted by Gasteiger charge is -2.13. The molecule has 15 heavy (non-hydrogen) atoms. The zero-order chi connectivity index (χ0) is 11.6. The van der Waals surface area contributed by atoms with Gasteiger partial charge in [0.25, 0.3) is 0 Å². The van der Waals surface area contributed by atoms with Crippen LogP contribution in [0.25, 0.3) is 0 Å². The fourth-order valence-electron chi connectivity index (χ4n) is 1.34. The van der Waals surface area contributed by atoms with E-state index in [1.807, 2.05) is 27.7 Å². The van der Waals surface area contributed by atoms with Gasteiger partial charge in [0.05, 0.1) is 0 Å². The summed E-state index contributed by atoms with van der Waals surface area (Å²) < 4.78 is 1.36. The second-order valence-electron chi connectivity index (χ2n) is 4.49. The van der Waals surface area contributed by atoms with Crippen LogP contribution in [-0.2, 0) is 12.0 Å². The smallest absolute Gasteiger partial charge is 0.358 e. The van der Waals surface area contributed by atoms with Gasteiger partial charge in [0.15, 0.2) is 5.69 Å². The predicted molar refractivity (Wildman–Crippen MR) is 55.7 cm³/mol. The van der Waals surface area contributed by atoms with Gasteiger partial charge in [-0.25, -0.2) is 0 Å². The van der Waals surface area contributed by atoms with Gasteiger partial charge in [0.1, 0.15) is 6.54 Å². The molecule has 0 aliphatic carbocycles. The van der Waals surface area contributed by atoms with Gasteiger partial charge in [-0.1, -0.05) is 27.7 Å². The molecule has 0 bridgehead atoms. The molecule has 0 aliphatic heterocycles. The first kappa shape index (κ1) is 11.6. The van der Waals surface area contributed by atoms with Crippen LogP contribution < -0.4 is 0 Å². The molecule has 0 fully saturated rings. The van der Waals surface area contributed by atoms with Crippen molar-refractivity contribution in [3.63, 3.8) is 0 Å². The molecule has 6 nitrogen and oxygen atoms in total. The van der Waals surface area contributed by atoms with E-state index < -0.39 is 4.92 Å². The number of nitrogens with zero attached hydrogens (tertiary/aromatic N) is 4. The number of nitro groups is 1. The summed E-state index contributed by atoms with van der Waals surface area (Å²) in [6.07, 6.45) is 0.799. The van der Waals surface area contributed by atoms with Crippen LogP contribution >= 0.6 is 0 Å². The summed E-state index contributed by atoms with van der Waals surface area (Å²) in [6.45, 7) is 8.14. The Labute approximate surface area is 88.4 Å². The molecular weight excluding hydrogens is 196 g/mol. The summed E-state index contributed by atoms with van der Waals surface area (Å²) in [7, 11) is 0. The molecule has 0 amide bonds.